The number of para-hydroxylation sites is 4. The second-order valence-corrected chi connectivity index (χ2v) is 13.7. The molecule has 8 aromatic carbocycles. The normalized spacial score (nSPS) is 11.8. The van der Waals surface area contributed by atoms with Crippen molar-refractivity contribution < 1.29 is 8.83 Å². The SMILES string of the molecule is O=c1c2ccccc2oc2cc(-c3ccc(-n4c5cc(N(c6ccccc6)c6ccccc6)ccc5c5ccc6oc7ccccc7c6c54)cc3)ccc12. The van der Waals surface area contributed by atoms with Gasteiger partial charge in [-0.05, 0) is 102 Å². The Kier molecular flexibility index (Phi) is 6.64. The number of hydrogen-bond donors (Lipinski definition) is 0. The van der Waals surface area contributed by atoms with Crippen LogP contribution in [0.15, 0.2) is 196 Å². The van der Waals surface area contributed by atoms with Crippen molar-refractivity contribution in [1.82, 2.24) is 4.57 Å². The van der Waals surface area contributed by atoms with E-state index < -0.39 is 0 Å². The van der Waals surface area contributed by atoms with E-state index in [0.29, 0.717) is 21.9 Å². The minimum atomic E-state index is -0.0179. The van der Waals surface area contributed by atoms with Crippen LogP contribution in [-0.2, 0) is 0 Å². The molecule has 11 aromatic rings. The zero-order chi connectivity index (χ0) is 35.8. The molecule has 0 amide bonds. The van der Waals surface area contributed by atoms with Crippen LogP contribution in [0.1, 0.15) is 0 Å². The van der Waals surface area contributed by atoms with Crippen LogP contribution in [0.25, 0.3) is 82.5 Å². The smallest absolute Gasteiger partial charge is 0.200 e. The minimum Gasteiger partial charge on any atom is -0.456 e. The number of furan rings is 1. The van der Waals surface area contributed by atoms with Gasteiger partial charge in [-0.1, -0.05) is 91.0 Å². The first-order chi connectivity index (χ1) is 26.7. The monoisotopic (exact) mass is 694 g/mol. The van der Waals surface area contributed by atoms with Crippen LogP contribution < -0.4 is 10.3 Å². The van der Waals surface area contributed by atoms with Gasteiger partial charge in [-0.25, -0.2) is 0 Å². The molecular formula is C49H30N2O3. The Balaban J connectivity index is 1.14. The summed E-state index contributed by atoms with van der Waals surface area (Å²) in [6.45, 7) is 0. The molecule has 0 N–H and O–H groups in total. The second kappa shape index (κ2) is 11.8. The summed E-state index contributed by atoms with van der Waals surface area (Å²) in [5.41, 5.74) is 11.3. The molecule has 0 radical (unpaired) electrons. The number of benzene rings is 8. The van der Waals surface area contributed by atoms with Crippen molar-refractivity contribution in [3.8, 4) is 16.8 Å². The van der Waals surface area contributed by atoms with Crippen LogP contribution in [0.3, 0.4) is 0 Å². The van der Waals surface area contributed by atoms with E-state index in [1.54, 1.807) is 0 Å². The predicted molar refractivity (Wildman–Crippen MR) is 222 cm³/mol. The largest absolute Gasteiger partial charge is 0.456 e. The lowest BCUT2D eigenvalue weighted by atomic mass is 10.0. The molecular weight excluding hydrogens is 665 g/mol. The maximum atomic E-state index is 13.2. The molecule has 0 fully saturated rings. The number of nitrogens with zero attached hydrogens (tertiary/aromatic N) is 2. The van der Waals surface area contributed by atoms with Crippen LogP contribution >= 0.6 is 0 Å². The van der Waals surface area contributed by atoms with Gasteiger partial charge in [-0.3, -0.25) is 4.79 Å². The zero-order valence-electron chi connectivity index (χ0n) is 28.9. The van der Waals surface area contributed by atoms with E-state index >= 15 is 0 Å². The second-order valence-electron chi connectivity index (χ2n) is 13.7. The molecule has 11 rings (SSSR count). The molecule has 0 bridgehead atoms. The van der Waals surface area contributed by atoms with Crippen molar-refractivity contribution in [2.75, 3.05) is 4.90 Å². The molecule has 3 heterocycles. The van der Waals surface area contributed by atoms with Crippen molar-refractivity contribution in [3.05, 3.63) is 192 Å². The fraction of sp³-hybridized carbons (Fsp3) is 0. The fourth-order valence-corrected chi connectivity index (χ4v) is 8.09. The highest BCUT2D eigenvalue weighted by atomic mass is 16.3. The van der Waals surface area contributed by atoms with Crippen molar-refractivity contribution in [2.24, 2.45) is 0 Å². The maximum Gasteiger partial charge on any atom is 0.200 e. The topological polar surface area (TPSA) is 51.5 Å². The van der Waals surface area contributed by atoms with E-state index in [9.17, 15) is 4.79 Å². The van der Waals surface area contributed by atoms with E-state index in [0.717, 1.165) is 77.6 Å². The lowest BCUT2D eigenvalue weighted by Crippen LogP contribution is -2.09. The van der Waals surface area contributed by atoms with E-state index in [-0.39, 0.29) is 5.43 Å². The lowest BCUT2D eigenvalue weighted by molar-refractivity contribution is 0.660. The van der Waals surface area contributed by atoms with E-state index in [2.05, 4.69) is 125 Å². The van der Waals surface area contributed by atoms with E-state index in [4.69, 9.17) is 8.83 Å². The molecule has 0 saturated carbocycles. The van der Waals surface area contributed by atoms with Crippen molar-refractivity contribution in [2.45, 2.75) is 0 Å². The van der Waals surface area contributed by atoms with Crippen LogP contribution in [0.2, 0.25) is 0 Å². The Morgan fingerprint density at radius 1 is 0.407 bits per heavy atom. The summed E-state index contributed by atoms with van der Waals surface area (Å²) in [6, 6.07) is 62.2. The molecule has 0 spiro atoms. The number of rotatable bonds is 5. The van der Waals surface area contributed by atoms with Gasteiger partial charge in [-0.2, -0.15) is 0 Å². The highest BCUT2D eigenvalue weighted by Crippen LogP contribution is 2.43. The Morgan fingerprint density at radius 2 is 0.981 bits per heavy atom. The third kappa shape index (κ3) is 4.62. The minimum absolute atomic E-state index is 0.0179. The first-order valence-corrected chi connectivity index (χ1v) is 18.0. The van der Waals surface area contributed by atoms with Gasteiger partial charge in [0.1, 0.15) is 22.3 Å². The summed E-state index contributed by atoms with van der Waals surface area (Å²) in [5.74, 6) is 0. The average Bonchev–Trinajstić information content (AvgIpc) is 3.77. The van der Waals surface area contributed by atoms with Gasteiger partial charge in [-0.15, -0.1) is 0 Å². The highest BCUT2D eigenvalue weighted by Gasteiger charge is 2.21. The Bertz CT molecular complexity index is 3250. The lowest BCUT2D eigenvalue weighted by Gasteiger charge is -2.25. The third-order valence-electron chi connectivity index (χ3n) is 10.6. The molecule has 3 aromatic heterocycles. The number of fused-ring (bicyclic) bond motifs is 9. The Hall–Kier alpha value is -7.37. The quantitative estimate of drug-likeness (QED) is 0.168. The summed E-state index contributed by atoms with van der Waals surface area (Å²) in [7, 11) is 0. The molecule has 0 aliphatic heterocycles. The number of hydrogen-bond acceptors (Lipinski definition) is 4. The molecule has 54 heavy (non-hydrogen) atoms. The van der Waals surface area contributed by atoms with Crippen LogP contribution in [-0.4, -0.2) is 4.57 Å². The van der Waals surface area contributed by atoms with Gasteiger partial charge in [0, 0.05) is 38.9 Å². The average molecular weight is 695 g/mol. The van der Waals surface area contributed by atoms with Crippen molar-refractivity contribution in [1.29, 1.82) is 0 Å². The van der Waals surface area contributed by atoms with Gasteiger partial charge in [0.2, 0.25) is 5.43 Å². The fourth-order valence-electron chi connectivity index (χ4n) is 8.09. The molecule has 0 unspecified atom stereocenters. The van der Waals surface area contributed by atoms with Gasteiger partial charge in [0.05, 0.1) is 27.2 Å². The maximum absolute atomic E-state index is 13.2. The Labute approximate surface area is 309 Å². The summed E-state index contributed by atoms with van der Waals surface area (Å²) >= 11 is 0. The van der Waals surface area contributed by atoms with Gasteiger partial charge in [0.15, 0.2) is 0 Å². The summed E-state index contributed by atoms with van der Waals surface area (Å²) in [4.78, 5) is 15.5. The predicted octanol–water partition coefficient (Wildman–Crippen LogP) is 13.1. The third-order valence-corrected chi connectivity index (χ3v) is 10.6. The molecule has 5 heteroatoms. The van der Waals surface area contributed by atoms with Crippen molar-refractivity contribution in [3.63, 3.8) is 0 Å². The van der Waals surface area contributed by atoms with Gasteiger partial charge >= 0.3 is 0 Å². The van der Waals surface area contributed by atoms with Crippen molar-refractivity contribution >= 4 is 82.7 Å². The summed E-state index contributed by atoms with van der Waals surface area (Å²) in [5, 5.41) is 5.65. The first-order valence-electron chi connectivity index (χ1n) is 18.0. The molecule has 0 saturated heterocycles. The van der Waals surface area contributed by atoms with E-state index in [1.807, 2.05) is 66.7 Å². The zero-order valence-corrected chi connectivity index (χ0v) is 28.9. The Morgan fingerprint density at radius 3 is 1.72 bits per heavy atom. The summed E-state index contributed by atoms with van der Waals surface area (Å²) in [6.07, 6.45) is 0. The molecule has 0 aliphatic rings. The molecule has 0 aliphatic carbocycles. The molecule has 0 atom stereocenters. The summed E-state index contributed by atoms with van der Waals surface area (Å²) < 4.78 is 15.0. The van der Waals surface area contributed by atoms with Crippen LogP contribution in [0, 0.1) is 0 Å². The van der Waals surface area contributed by atoms with Gasteiger partial charge in [0.25, 0.3) is 0 Å². The first kappa shape index (κ1) is 30.3. The van der Waals surface area contributed by atoms with Gasteiger partial charge < -0.3 is 18.3 Å². The standard InChI is InChI=1S/C49H30N2O3/c52-49-40-16-8-10-18-44(40)54-46-29-32(21-25-41(46)49)31-19-22-35(23-20-31)51-42-30-36(50(33-11-3-1-4-12-33)34-13-5-2-6-14-34)24-26-37(42)38-27-28-45-47(48(38)51)39-15-7-9-17-43(39)53-45/h1-30H. The molecule has 5 nitrogen and oxygen atoms in total. The van der Waals surface area contributed by atoms with Crippen LogP contribution in [0.4, 0.5) is 17.1 Å². The number of anilines is 3. The van der Waals surface area contributed by atoms with Crippen LogP contribution in [0.5, 0.6) is 0 Å². The number of aromatic nitrogens is 1. The molecule has 254 valence electrons. The highest BCUT2D eigenvalue weighted by molar-refractivity contribution is 6.24. The van der Waals surface area contributed by atoms with E-state index in [1.165, 1.54) is 0 Å².